The molecule has 0 saturated carbocycles. The van der Waals surface area contributed by atoms with Crippen LogP contribution in [0.4, 0.5) is 0 Å². The molecule has 23 heavy (non-hydrogen) atoms. The summed E-state index contributed by atoms with van der Waals surface area (Å²) in [5, 5.41) is 12.7. The smallest absolute Gasteiger partial charge is 0.242 e. The van der Waals surface area contributed by atoms with Crippen molar-refractivity contribution in [2.75, 3.05) is 13.1 Å². The molecule has 1 aromatic heterocycles. The Morgan fingerprint density at radius 3 is 2.83 bits per heavy atom. The van der Waals surface area contributed by atoms with Gasteiger partial charge in [-0.3, -0.25) is 9.59 Å². The molecule has 2 unspecified atom stereocenters. The summed E-state index contributed by atoms with van der Waals surface area (Å²) < 4.78 is 5.10. The number of carbonyl (C=O) groups is 2. The number of rotatable bonds is 5. The third-order valence-electron chi connectivity index (χ3n) is 3.90. The highest BCUT2D eigenvalue weighted by Crippen LogP contribution is 2.25. The molecule has 2 heterocycles. The topological polar surface area (TPSA) is 82.8 Å². The molecule has 0 radical (unpaired) electrons. The number of nitrogens with zero attached hydrogens (tertiary/aromatic N) is 1. The summed E-state index contributed by atoms with van der Waals surface area (Å²) in [7, 11) is 0. The van der Waals surface area contributed by atoms with E-state index < -0.39 is 12.1 Å². The van der Waals surface area contributed by atoms with Crippen LogP contribution in [-0.4, -0.2) is 41.0 Å². The number of hydrogen-bond acceptors (Lipinski definition) is 4. The van der Waals surface area contributed by atoms with E-state index in [0.29, 0.717) is 25.1 Å². The van der Waals surface area contributed by atoms with Crippen molar-refractivity contribution in [2.45, 2.75) is 52.2 Å². The van der Waals surface area contributed by atoms with Gasteiger partial charge < -0.3 is 19.7 Å². The fraction of sp³-hybridized carbons (Fsp3) is 0.647. The van der Waals surface area contributed by atoms with Gasteiger partial charge in [0, 0.05) is 13.0 Å². The van der Waals surface area contributed by atoms with E-state index in [-0.39, 0.29) is 23.8 Å². The first-order chi connectivity index (χ1) is 10.8. The summed E-state index contributed by atoms with van der Waals surface area (Å²) in [5.41, 5.74) is -0.101. The van der Waals surface area contributed by atoms with Gasteiger partial charge in [-0.05, 0) is 30.4 Å². The molecular weight excluding hydrogens is 296 g/mol. The Labute approximate surface area is 136 Å². The molecule has 0 spiro atoms. The monoisotopic (exact) mass is 322 g/mol. The van der Waals surface area contributed by atoms with Gasteiger partial charge in [-0.2, -0.15) is 0 Å². The predicted octanol–water partition coefficient (Wildman–Crippen LogP) is 1.86. The summed E-state index contributed by atoms with van der Waals surface area (Å²) in [6.45, 7) is 6.72. The van der Waals surface area contributed by atoms with Crippen molar-refractivity contribution >= 4 is 11.8 Å². The molecule has 1 aliphatic heterocycles. The second-order valence-electron chi connectivity index (χ2n) is 7.26. The van der Waals surface area contributed by atoms with Gasteiger partial charge in [0.15, 0.2) is 0 Å². The van der Waals surface area contributed by atoms with Gasteiger partial charge in [0.1, 0.15) is 17.9 Å². The molecule has 0 bridgehead atoms. The molecule has 2 atom stereocenters. The maximum absolute atomic E-state index is 12.4. The molecule has 2 amide bonds. The lowest BCUT2D eigenvalue weighted by atomic mass is 9.91. The van der Waals surface area contributed by atoms with Crippen LogP contribution in [0, 0.1) is 5.41 Å². The Bertz CT molecular complexity index is 533. The number of amides is 2. The molecule has 128 valence electrons. The van der Waals surface area contributed by atoms with Crippen molar-refractivity contribution in [2.24, 2.45) is 5.41 Å². The Hall–Kier alpha value is -1.82. The zero-order valence-electron chi connectivity index (χ0n) is 14.0. The standard InChI is InChI=1S/C17H26N2O4/c1-17(2,3)10-15(21)19-8-4-6-12(19)16(22)18-11-13(20)14-7-5-9-23-14/h5,7,9,12-13,20H,4,6,8,10-11H2,1-3H3,(H,18,22). The van der Waals surface area contributed by atoms with Crippen LogP contribution in [-0.2, 0) is 9.59 Å². The predicted molar refractivity (Wildman–Crippen MR) is 85.5 cm³/mol. The minimum absolute atomic E-state index is 0.0155. The lowest BCUT2D eigenvalue weighted by Gasteiger charge is -2.27. The number of aliphatic hydroxyl groups is 1. The summed E-state index contributed by atoms with van der Waals surface area (Å²) in [5.74, 6) is 0.217. The molecule has 6 heteroatoms. The second-order valence-corrected chi connectivity index (χ2v) is 7.26. The zero-order chi connectivity index (χ0) is 17.0. The van der Waals surface area contributed by atoms with E-state index in [2.05, 4.69) is 5.32 Å². The van der Waals surface area contributed by atoms with E-state index in [4.69, 9.17) is 4.42 Å². The first-order valence-electron chi connectivity index (χ1n) is 8.06. The number of carbonyl (C=O) groups excluding carboxylic acids is 2. The Balaban J connectivity index is 1.89. The summed E-state index contributed by atoms with van der Waals surface area (Å²) >= 11 is 0. The van der Waals surface area contributed by atoms with Crippen LogP contribution in [0.2, 0.25) is 0 Å². The van der Waals surface area contributed by atoms with Gasteiger partial charge >= 0.3 is 0 Å². The molecule has 1 saturated heterocycles. The van der Waals surface area contributed by atoms with E-state index in [1.165, 1.54) is 6.26 Å². The van der Waals surface area contributed by atoms with Crippen molar-refractivity contribution in [3.05, 3.63) is 24.2 Å². The van der Waals surface area contributed by atoms with Gasteiger partial charge in [-0.15, -0.1) is 0 Å². The molecule has 2 rings (SSSR count). The molecular formula is C17H26N2O4. The van der Waals surface area contributed by atoms with Crippen molar-refractivity contribution in [1.29, 1.82) is 0 Å². The van der Waals surface area contributed by atoms with E-state index >= 15 is 0 Å². The van der Waals surface area contributed by atoms with Gasteiger partial charge in [0.05, 0.1) is 12.8 Å². The summed E-state index contributed by atoms with van der Waals surface area (Å²) in [6.07, 6.45) is 2.51. The molecule has 0 aliphatic carbocycles. The molecule has 1 aliphatic rings. The quantitative estimate of drug-likeness (QED) is 0.867. The van der Waals surface area contributed by atoms with Crippen LogP contribution in [0.1, 0.15) is 51.9 Å². The zero-order valence-corrected chi connectivity index (χ0v) is 14.0. The Morgan fingerprint density at radius 2 is 2.22 bits per heavy atom. The minimum Gasteiger partial charge on any atom is -0.467 e. The third kappa shape index (κ3) is 4.82. The van der Waals surface area contributed by atoms with E-state index in [1.807, 2.05) is 20.8 Å². The lowest BCUT2D eigenvalue weighted by Crippen LogP contribution is -2.47. The van der Waals surface area contributed by atoms with Crippen LogP contribution in [0.25, 0.3) is 0 Å². The lowest BCUT2D eigenvalue weighted by molar-refractivity contribution is -0.140. The molecule has 0 aromatic carbocycles. The first-order valence-corrected chi connectivity index (χ1v) is 8.06. The largest absolute Gasteiger partial charge is 0.467 e. The maximum atomic E-state index is 12.4. The van der Waals surface area contributed by atoms with Crippen molar-refractivity contribution in [3.8, 4) is 0 Å². The highest BCUT2D eigenvalue weighted by atomic mass is 16.4. The second kappa shape index (κ2) is 7.17. The van der Waals surface area contributed by atoms with E-state index in [0.717, 1.165) is 6.42 Å². The first kappa shape index (κ1) is 17.5. The average molecular weight is 322 g/mol. The fourth-order valence-corrected chi connectivity index (χ4v) is 2.79. The Kier molecular flexibility index (Phi) is 5.46. The van der Waals surface area contributed by atoms with Crippen LogP contribution in [0.5, 0.6) is 0 Å². The van der Waals surface area contributed by atoms with Crippen LogP contribution < -0.4 is 5.32 Å². The normalized spacial score (nSPS) is 19.7. The third-order valence-corrected chi connectivity index (χ3v) is 3.90. The van der Waals surface area contributed by atoms with Crippen LogP contribution in [0.15, 0.2) is 22.8 Å². The molecule has 2 N–H and O–H groups in total. The van der Waals surface area contributed by atoms with Gasteiger partial charge in [0.25, 0.3) is 0 Å². The van der Waals surface area contributed by atoms with E-state index in [9.17, 15) is 14.7 Å². The minimum atomic E-state index is -0.880. The van der Waals surface area contributed by atoms with Crippen LogP contribution >= 0.6 is 0 Å². The number of likely N-dealkylation sites (tertiary alicyclic amines) is 1. The van der Waals surface area contributed by atoms with Gasteiger partial charge in [0.2, 0.25) is 11.8 Å². The highest BCUT2D eigenvalue weighted by molar-refractivity contribution is 5.88. The number of aliphatic hydroxyl groups excluding tert-OH is 1. The summed E-state index contributed by atoms with van der Waals surface area (Å²) in [4.78, 5) is 26.4. The molecule has 1 fully saturated rings. The SMILES string of the molecule is CC(C)(C)CC(=O)N1CCCC1C(=O)NCC(O)c1ccco1. The molecule has 1 aromatic rings. The van der Waals surface area contributed by atoms with Crippen molar-refractivity contribution in [3.63, 3.8) is 0 Å². The highest BCUT2D eigenvalue weighted by Gasteiger charge is 2.35. The number of furan rings is 1. The molecule has 6 nitrogen and oxygen atoms in total. The Morgan fingerprint density at radius 1 is 1.48 bits per heavy atom. The number of hydrogen-bond donors (Lipinski definition) is 2. The van der Waals surface area contributed by atoms with Gasteiger partial charge in [-0.25, -0.2) is 0 Å². The van der Waals surface area contributed by atoms with Gasteiger partial charge in [-0.1, -0.05) is 20.8 Å². The van der Waals surface area contributed by atoms with Crippen molar-refractivity contribution < 1.29 is 19.1 Å². The summed E-state index contributed by atoms with van der Waals surface area (Å²) in [6, 6.07) is 2.91. The fourth-order valence-electron chi connectivity index (χ4n) is 2.79. The van der Waals surface area contributed by atoms with Crippen LogP contribution in [0.3, 0.4) is 0 Å². The van der Waals surface area contributed by atoms with Crippen molar-refractivity contribution in [1.82, 2.24) is 10.2 Å². The number of nitrogens with one attached hydrogen (secondary N) is 1. The average Bonchev–Trinajstić information content (AvgIpc) is 3.12. The maximum Gasteiger partial charge on any atom is 0.242 e. The van der Waals surface area contributed by atoms with E-state index in [1.54, 1.807) is 17.0 Å².